The summed E-state index contributed by atoms with van der Waals surface area (Å²) in [5.41, 5.74) is 4.62. The van der Waals surface area contributed by atoms with Crippen LogP contribution in [0.25, 0.3) is 11.3 Å². The lowest BCUT2D eigenvalue weighted by Crippen LogP contribution is -2.19. The highest BCUT2D eigenvalue weighted by molar-refractivity contribution is 5.63. The minimum Gasteiger partial charge on any atom is -0.490 e. The number of unbranched alkanes of at least 4 members (excludes halogenated alkanes) is 1. The molecular weight excluding hydrogens is 362 g/mol. The van der Waals surface area contributed by atoms with Gasteiger partial charge in [-0.25, -0.2) is 0 Å². The normalized spacial score (nSPS) is 11.0. The first-order valence-electron chi connectivity index (χ1n) is 10.3. The number of H-pyrrole nitrogens is 1. The molecule has 5 heteroatoms. The Morgan fingerprint density at radius 3 is 2.17 bits per heavy atom. The fourth-order valence-corrected chi connectivity index (χ4v) is 3.15. The van der Waals surface area contributed by atoms with Crippen molar-refractivity contribution < 1.29 is 9.47 Å². The molecule has 1 aromatic heterocycles. The molecule has 0 saturated heterocycles. The summed E-state index contributed by atoms with van der Waals surface area (Å²) in [5.74, 6) is 1.70. The van der Waals surface area contributed by atoms with E-state index in [1.807, 2.05) is 42.6 Å². The van der Waals surface area contributed by atoms with E-state index in [1.165, 1.54) is 24.0 Å². The molecule has 0 atom stereocenters. The van der Waals surface area contributed by atoms with Crippen LogP contribution in [-0.2, 0) is 6.54 Å². The number of aromatic amines is 1. The lowest BCUT2D eigenvalue weighted by atomic mass is 10.1. The molecule has 0 aliphatic carbocycles. The van der Waals surface area contributed by atoms with E-state index < -0.39 is 0 Å². The average molecular weight is 394 g/mol. The summed E-state index contributed by atoms with van der Waals surface area (Å²) in [6, 6.07) is 16.2. The first kappa shape index (κ1) is 20.9. The number of hydrogen-bond acceptors (Lipinski definition) is 4. The van der Waals surface area contributed by atoms with Gasteiger partial charge in [-0.15, -0.1) is 0 Å². The quantitative estimate of drug-likeness (QED) is 0.462. The predicted octanol–water partition coefficient (Wildman–Crippen LogP) is 5.07. The van der Waals surface area contributed by atoms with Crippen molar-refractivity contribution in [3.8, 4) is 22.8 Å². The average Bonchev–Trinajstić information content (AvgIpc) is 3.19. The smallest absolute Gasteiger partial charge is 0.122 e. The van der Waals surface area contributed by atoms with Gasteiger partial charge in [-0.3, -0.25) is 5.10 Å². The SMILES string of the molecule is CCCCN(C)Cc1cn[nH]c1-c1ccc(OCCOc2ccc(C)cc2)cc1. The van der Waals surface area contributed by atoms with Crippen LogP contribution in [0.2, 0.25) is 0 Å². The van der Waals surface area contributed by atoms with Gasteiger partial charge in [-0.05, 0) is 63.3 Å². The third-order valence-electron chi connectivity index (χ3n) is 4.84. The van der Waals surface area contributed by atoms with Gasteiger partial charge >= 0.3 is 0 Å². The van der Waals surface area contributed by atoms with Crippen molar-refractivity contribution in [2.24, 2.45) is 0 Å². The monoisotopic (exact) mass is 393 g/mol. The molecule has 5 nitrogen and oxygen atoms in total. The van der Waals surface area contributed by atoms with Gasteiger partial charge in [0, 0.05) is 17.7 Å². The largest absolute Gasteiger partial charge is 0.490 e. The third kappa shape index (κ3) is 6.36. The highest BCUT2D eigenvalue weighted by Gasteiger charge is 2.10. The van der Waals surface area contributed by atoms with E-state index in [0.717, 1.165) is 35.8 Å². The third-order valence-corrected chi connectivity index (χ3v) is 4.84. The molecule has 0 saturated carbocycles. The minimum absolute atomic E-state index is 0.505. The van der Waals surface area contributed by atoms with Crippen LogP contribution >= 0.6 is 0 Å². The number of benzene rings is 2. The molecule has 0 aliphatic heterocycles. The zero-order valence-corrected chi connectivity index (χ0v) is 17.6. The number of aromatic nitrogens is 2. The Labute approximate surface area is 173 Å². The number of aryl methyl sites for hydroxylation is 1. The lowest BCUT2D eigenvalue weighted by molar-refractivity contribution is 0.217. The molecule has 0 amide bonds. The molecule has 0 aliphatic rings. The van der Waals surface area contributed by atoms with Gasteiger partial charge in [0.05, 0.1) is 11.9 Å². The molecular formula is C24H31N3O2. The van der Waals surface area contributed by atoms with Crippen molar-refractivity contribution in [3.05, 3.63) is 65.9 Å². The zero-order valence-electron chi connectivity index (χ0n) is 17.6. The molecule has 29 heavy (non-hydrogen) atoms. The van der Waals surface area contributed by atoms with Crippen LogP contribution in [0.15, 0.2) is 54.7 Å². The second-order valence-electron chi connectivity index (χ2n) is 7.40. The second-order valence-corrected chi connectivity index (χ2v) is 7.40. The Bertz CT molecular complexity index is 857. The first-order chi connectivity index (χ1) is 14.2. The van der Waals surface area contributed by atoms with E-state index >= 15 is 0 Å². The van der Waals surface area contributed by atoms with Gasteiger partial charge in [0.2, 0.25) is 0 Å². The van der Waals surface area contributed by atoms with Gasteiger partial charge in [0.25, 0.3) is 0 Å². The molecule has 3 rings (SSSR count). The van der Waals surface area contributed by atoms with Crippen molar-refractivity contribution >= 4 is 0 Å². The summed E-state index contributed by atoms with van der Waals surface area (Å²) >= 11 is 0. The molecule has 154 valence electrons. The van der Waals surface area contributed by atoms with Gasteiger partial charge in [0.1, 0.15) is 24.7 Å². The highest BCUT2D eigenvalue weighted by Crippen LogP contribution is 2.24. The number of ether oxygens (including phenoxy) is 2. The second kappa shape index (κ2) is 10.7. The first-order valence-corrected chi connectivity index (χ1v) is 10.3. The maximum Gasteiger partial charge on any atom is 0.122 e. The summed E-state index contributed by atoms with van der Waals surface area (Å²) in [6.45, 7) is 7.28. The van der Waals surface area contributed by atoms with Gasteiger partial charge < -0.3 is 14.4 Å². The lowest BCUT2D eigenvalue weighted by Gasteiger charge is -2.16. The van der Waals surface area contributed by atoms with Crippen LogP contribution in [0.1, 0.15) is 30.9 Å². The van der Waals surface area contributed by atoms with Crippen LogP contribution in [0.4, 0.5) is 0 Å². The van der Waals surface area contributed by atoms with Crippen LogP contribution in [-0.4, -0.2) is 41.9 Å². The topological polar surface area (TPSA) is 50.4 Å². The Balaban J connectivity index is 1.50. The molecule has 1 heterocycles. The van der Waals surface area contributed by atoms with Crippen molar-refractivity contribution in [2.45, 2.75) is 33.2 Å². The maximum absolute atomic E-state index is 5.80. The predicted molar refractivity (Wildman–Crippen MR) is 117 cm³/mol. The van der Waals surface area contributed by atoms with E-state index in [4.69, 9.17) is 9.47 Å². The summed E-state index contributed by atoms with van der Waals surface area (Å²) in [6.07, 6.45) is 4.34. The van der Waals surface area contributed by atoms with Crippen LogP contribution in [0.5, 0.6) is 11.5 Å². The van der Waals surface area contributed by atoms with E-state index in [2.05, 4.69) is 48.1 Å². The van der Waals surface area contributed by atoms with Crippen LogP contribution < -0.4 is 9.47 Å². The van der Waals surface area contributed by atoms with E-state index in [1.54, 1.807) is 0 Å². The molecule has 0 bridgehead atoms. The molecule has 0 fully saturated rings. The molecule has 2 aromatic carbocycles. The fourth-order valence-electron chi connectivity index (χ4n) is 3.15. The Kier molecular flexibility index (Phi) is 7.70. The Morgan fingerprint density at radius 2 is 1.55 bits per heavy atom. The fraction of sp³-hybridized carbons (Fsp3) is 0.375. The molecule has 1 N–H and O–H groups in total. The molecule has 3 aromatic rings. The molecule has 0 spiro atoms. The maximum atomic E-state index is 5.80. The Morgan fingerprint density at radius 1 is 0.931 bits per heavy atom. The minimum atomic E-state index is 0.505. The van der Waals surface area contributed by atoms with Crippen LogP contribution in [0.3, 0.4) is 0 Å². The summed E-state index contributed by atoms with van der Waals surface area (Å²) < 4.78 is 11.5. The van der Waals surface area contributed by atoms with E-state index in [-0.39, 0.29) is 0 Å². The summed E-state index contributed by atoms with van der Waals surface area (Å²) in [5, 5.41) is 7.39. The number of nitrogens with zero attached hydrogens (tertiary/aromatic N) is 2. The van der Waals surface area contributed by atoms with E-state index in [9.17, 15) is 0 Å². The standard InChI is InChI=1S/C24H31N3O2/c1-4-5-14-27(3)18-21-17-25-26-24(21)20-8-12-23(13-9-20)29-16-15-28-22-10-6-19(2)7-11-22/h6-13,17H,4-5,14-16,18H2,1-3H3,(H,25,26). The Hall–Kier alpha value is -2.79. The van der Waals surface area contributed by atoms with Crippen molar-refractivity contribution in [1.82, 2.24) is 15.1 Å². The number of rotatable bonds is 11. The van der Waals surface area contributed by atoms with Gasteiger partial charge in [0.15, 0.2) is 0 Å². The zero-order chi connectivity index (χ0) is 20.5. The van der Waals surface area contributed by atoms with E-state index in [0.29, 0.717) is 13.2 Å². The summed E-state index contributed by atoms with van der Waals surface area (Å²) in [7, 11) is 2.15. The van der Waals surface area contributed by atoms with Crippen molar-refractivity contribution in [3.63, 3.8) is 0 Å². The van der Waals surface area contributed by atoms with Crippen molar-refractivity contribution in [1.29, 1.82) is 0 Å². The highest BCUT2D eigenvalue weighted by atomic mass is 16.5. The molecule has 0 unspecified atom stereocenters. The summed E-state index contributed by atoms with van der Waals surface area (Å²) in [4.78, 5) is 2.34. The number of nitrogens with one attached hydrogen (secondary N) is 1. The number of hydrogen-bond donors (Lipinski definition) is 1. The van der Waals surface area contributed by atoms with Gasteiger partial charge in [-0.1, -0.05) is 31.0 Å². The van der Waals surface area contributed by atoms with Crippen LogP contribution in [0, 0.1) is 6.92 Å². The van der Waals surface area contributed by atoms with Crippen molar-refractivity contribution in [2.75, 3.05) is 26.8 Å². The van der Waals surface area contributed by atoms with Gasteiger partial charge in [-0.2, -0.15) is 5.10 Å². The molecule has 0 radical (unpaired) electrons.